The van der Waals surface area contributed by atoms with Gasteiger partial charge in [0.1, 0.15) is 5.82 Å². The number of anilines is 1. The first-order valence-electron chi connectivity index (χ1n) is 7.51. The molecule has 0 aromatic carbocycles. The Morgan fingerprint density at radius 3 is 2.64 bits per heavy atom. The van der Waals surface area contributed by atoms with Gasteiger partial charge in [0, 0.05) is 25.8 Å². The monoisotopic (exact) mass is 348 g/mol. The zero-order valence-corrected chi connectivity index (χ0v) is 14.4. The van der Waals surface area contributed by atoms with Crippen molar-refractivity contribution < 1.29 is 4.79 Å². The van der Waals surface area contributed by atoms with Crippen molar-refractivity contribution in [1.29, 1.82) is 0 Å². The normalized spacial score (nSPS) is 13.8. The van der Waals surface area contributed by atoms with Crippen LogP contribution in [0, 0.1) is 0 Å². The van der Waals surface area contributed by atoms with Crippen molar-refractivity contribution in [3.8, 4) is 0 Å². The zero-order valence-electron chi connectivity index (χ0n) is 12.8. The molecule has 0 spiro atoms. The molecule has 5 nitrogen and oxygen atoms in total. The second-order valence-electron chi connectivity index (χ2n) is 5.17. The Hall–Kier alpha value is -1.04. The number of rotatable bonds is 6. The third-order valence-electron chi connectivity index (χ3n) is 3.60. The molecule has 126 valence electrons. The summed E-state index contributed by atoms with van der Waals surface area (Å²) in [5.74, 6) is 0.791. The lowest BCUT2D eigenvalue weighted by atomic mass is 10.1. The lowest BCUT2D eigenvalue weighted by Gasteiger charge is -2.29. The second kappa shape index (κ2) is 11.5. The largest absolute Gasteiger partial charge is 0.356 e. The number of halogens is 2. The number of carbonyl (C=O) groups is 1. The predicted octanol–water partition coefficient (Wildman–Crippen LogP) is 2.38. The van der Waals surface area contributed by atoms with Gasteiger partial charge in [-0.1, -0.05) is 0 Å². The Kier molecular flexibility index (Phi) is 11.0. The molecule has 0 unspecified atom stereocenters. The lowest BCUT2D eigenvalue weighted by Crippen LogP contribution is -2.33. The Labute approximate surface area is 144 Å². The van der Waals surface area contributed by atoms with Crippen LogP contribution in [-0.2, 0) is 0 Å². The third-order valence-corrected chi connectivity index (χ3v) is 3.60. The van der Waals surface area contributed by atoms with E-state index in [0.29, 0.717) is 18.7 Å². The number of aromatic nitrogens is 1. The van der Waals surface area contributed by atoms with Crippen LogP contribution >= 0.6 is 24.8 Å². The lowest BCUT2D eigenvalue weighted by molar-refractivity contribution is 0.0953. The minimum absolute atomic E-state index is 0. The molecule has 1 amide bonds. The van der Waals surface area contributed by atoms with Gasteiger partial charge in [-0.2, -0.15) is 0 Å². The summed E-state index contributed by atoms with van der Waals surface area (Å²) in [5, 5.41) is 2.95. The molecular weight excluding hydrogens is 323 g/mol. The fourth-order valence-electron chi connectivity index (χ4n) is 2.50. The van der Waals surface area contributed by atoms with Crippen LogP contribution in [0.2, 0.25) is 0 Å². The van der Waals surface area contributed by atoms with Crippen LogP contribution < -0.4 is 16.0 Å². The van der Waals surface area contributed by atoms with Crippen molar-refractivity contribution >= 4 is 36.5 Å². The molecule has 22 heavy (non-hydrogen) atoms. The van der Waals surface area contributed by atoms with Crippen molar-refractivity contribution in [3.63, 3.8) is 0 Å². The predicted molar refractivity (Wildman–Crippen MR) is 95.4 cm³/mol. The first-order valence-corrected chi connectivity index (χ1v) is 7.51. The molecule has 1 aromatic rings. The zero-order chi connectivity index (χ0) is 14.2. The Balaban J connectivity index is 0.00000220. The molecule has 0 atom stereocenters. The van der Waals surface area contributed by atoms with Crippen LogP contribution in [-0.4, -0.2) is 37.1 Å². The topological polar surface area (TPSA) is 71.2 Å². The number of carbonyl (C=O) groups excluding carboxylic acids is 1. The highest BCUT2D eigenvalue weighted by molar-refractivity contribution is 5.98. The number of nitrogens with zero attached hydrogens (tertiary/aromatic N) is 2. The van der Waals surface area contributed by atoms with Crippen LogP contribution in [0.25, 0.3) is 0 Å². The third kappa shape index (κ3) is 5.99. The molecule has 1 saturated heterocycles. The molecule has 0 bridgehead atoms. The van der Waals surface area contributed by atoms with Crippen LogP contribution in [0.15, 0.2) is 18.3 Å². The number of hydrogen-bond acceptors (Lipinski definition) is 4. The van der Waals surface area contributed by atoms with E-state index in [0.717, 1.165) is 31.7 Å². The van der Waals surface area contributed by atoms with E-state index in [1.807, 2.05) is 12.1 Å². The van der Waals surface area contributed by atoms with Crippen LogP contribution in [0.3, 0.4) is 0 Å². The van der Waals surface area contributed by atoms with Crippen molar-refractivity contribution in [2.75, 3.05) is 31.1 Å². The van der Waals surface area contributed by atoms with Crippen LogP contribution in [0.5, 0.6) is 0 Å². The SMILES string of the molecule is Cl.Cl.NCCCCNC(=O)c1cccnc1N1CCCCC1. The number of nitrogens with two attached hydrogens (primary N) is 1. The summed E-state index contributed by atoms with van der Waals surface area (Å²) in [7, 11) is 0. The van der Waals surface area contributed by atoms with Crippen molar-refractivity contribution in [2.24, 2.45) is 5.73 Å². The highest BCUT2D eigenvalue weighted by Gasteiger charge is 2.19. The number of amides is 1. The van der Waals surface area contributed by atoms with Gasteiger partial charge in [0.05, 0.1) is 5.56 Å². The number of hydrogen-bond donors (Lipinski definition) is 2. The molecule has 2 rings (SSSR count). The average molecular weight is 349 g/mol. The molecule has 0 saturated carbocycles. The molecule has 0 radical (unpaired) electrons. The molecule has 3 N–H and O–H groups in total. The summed E-state index contributed by atoms with van der Waals surface area (Å²) >= 11 is 0. The maximum atomic E-state index is 12.3. The molecular formula is C15H26Cl2N4O. The van der Waals surface area contributed by atoms with Crippen molar-refractivity contribution in [1.82, 2.24) is 10.3 Å². The van der Waals surface area contributed by atoms with Crippen LogP contribution in [0.1, 0.15) is 42.5 Å². The van der Waals surface area contributed by atoms with Gasteiger partial charge < -0.3 is 16.0 Å². The summed E-state index contributed by atoms with van der Waals surface area (Å²) in [6, 6.07) is 3.68. The van der Waals surface area contributed by atoms with E-state index in [9.17, 15) is 4.79 Å². The Morgan fingerprint density at radius 2 is 1.95 bits per heavy atom. The van der Waals surface area contributed by atoms with Gasteiger partial charge in [0.25, 0.3) is 5.91 Å². The van der Waals surface area contributed by atoms with E-state index in [1.165, 1.54) is 19.3 Å². The smallest absolute Gasteiger partial charge is 0.255 e. The van der Waals surface area contributed by atoms with Gasteiger partial charge in [0.15, 0.2) is 0 Å². The van der Waals surface area contributed by atoms with Gasteiger partial charge in [-0.25, -0.2) is 4.98 Å². The molecule has 7 heteroatoms. The summed E-state index contributed by atoms with van der Waals surface area (Å²) in [6.45, 7) is 3.32. The van der Waals surface area contributed by atoms with Gasteiger partial charge in [-0.05, 0) is 50.8 Å². The minimum atomic E-state index is -0.0318. The number of unbranched alkanes of at least 4 members (excludes halogenated alkanes) is 1. The van der Waals surface area contributed by atoms with E-state index in [4.69, 9.17) is 5.73 Å². The highest BCUT2D eigenvalue weighted by atomic mass is 35.5. The first-order chi connectivity index (χ1) is 9.83. The quantitative estimate of drug-likeness (QED) is 0.774. The Morgan fingerprint density at radius 1 is 1.23 bits per heavy atom. The van der Waals surface area contributed by atoms with Gasteiger partial charge in [0.2, 0.25) is 0 Å². The molecule has 1 aromatic heterocycles. The fourth-order valence-corrected chi connectivity index (χ4v) is 2.50. The fraction of sp³-hybridized carbons (Fsp3) is 0.600. The summed E-state index contributed by atoms with van der Waals surface area (Å²) < 4.78 is 0. The van der Waals surface area contributed by atoms with E-state index in [1.54, 1.807) is 6.20 Å². The van der Waals surface area contributed by atoms with E-state index >= 15 is 0 Å². The van der Waals surface area contributed by atoms with Crippen molar-refractivity contribution in [3.05, 3.63) is 23.9 Å². The second-order valence-corrected chi connectivity index (χ2v) is 5.17. The minimum Gasteiger partial charge on any atom is -0.356 e. The standard InChI is InChI=1S/C15H24N4O.2ClH/c16-8-2-3-9-18-15(20)13-7-6-10-17-14(13)19-11-4-1-5-12-19;;/h6-7,10H,1-5,8-9,11-12,16H2,(H,18,20);2*1H. The van der Waals surface area contributed by atoms with E-state index in [2.05, 4.69) is 15.2 Å². The van der Waals surface area contributed by atoms with Crippen LogP contribution in [0.4, 0.5) is 5.82 Å². The summed E-state index contributed by atoms with van der Waals surface area (Å²) in [4.78, 5) is 18.9. The van der Waals surface area contributed by atoms with E-state index in [-0.39, 0.29) is 30.7 Å². The number of pyridine rings is 1. The van der Waals surface area contributed by atoms with Crippen molar-refractivity contribution in [2.45, 2.75) is 32.1 Å². The molecule has 1 fully saturated rings. The number of nitrogens with one attached hydrogen (secondary N) is 1. The van der Waals surface area contributed by atoms with Gasteiger partial charge in [-0.3, -0.25) is 4.79 Å². The molecule has 0 aliphatic carbocycles. The molecule has 1 aliphatic rings. The van der Waals surface area contributed by atoms with Gasteiger partial charge in [-0.15, -0.1) is 24.8 Å². The highest BCUT2D eigenvalue weighted by Crippen LogP contribution is 2.21. The Bertz CT molecular complexity index is 439. The summed E-state index contributed by atoms with van der Waals surface area (Å²) in [6.07, 6.45) is 7.23. The maximum absolute atomic E-state index is 12.3. The number of piperidine rings is 1. The molecule has 1 aliphatic heterocycles. The van der Waals surface area contributed by atoms with E-state index < -0.39 is 0 Å². The summed E-state index contributed by atoms with van der Waals surface area (Å²) in [5.41, 5.74) is 6.13. The first kappa shape index (κ1) is 21.0. The van der Waals surface area contributed by atoms with Gasteiger partial charge >= 0.3 is 0 Å². The maximum Gasteiger partial charge on any atom is 0.255 e. The average Bonchev–Trinajstić information content (AvgIpc) is 2.52. The molecule has 2 heterocycles.